The summed E-state index contributed by atoms with van der Waals surface area (Å²) in [5.74, 6) is -1.78. The van der Waals surface area contributed by atoms with Crippen LogP contribution in [0.25, 0.3) is 5.69 Å². The molecule has 0 unspecified atom stereocenters. The van der Waals surface area contributed by atoms with Gasteiger partial charge in [-0.05, 0) is 49.4 Å². The van der Waals surface area contributed by atoms with Crippen LogP contribution in [0.5, 0.6) is 11.5 Å². The minimum Gasteiger partial charge on any atom is -0.454 e. The Bertz CT molecular complexity index is 1510. The van der Waals surface area contributed by atoms with Crippen molar-refractivity contribution < 1.29 is 18.3 Å². The number of ether oxygens (including phenoxy) is 1. The first-order chi connectivity index (χ1) is 16.2. The Morgan fingerprint density at radius 3 is 2.53 bits per heavy atom. The molecule has 1 amide bonds. The summed E-state index contributed by atoms with van der Waals surface area (Å²) < 4.78 is 34.0. The molecule has 0 spiro atoms. The highest BCUT2D eigenvalue weighted by atomic mass is 19.1. The Morgan fingerprint density at radius 1 is 1.09 bits per heavy atom. The van der Waals surface area contributed by atoms with Gasteiger partial charge in [0.05, 0.1) is 5.69 Å². The second kappa shape index (κ2) is 8.98. The molecule has 4 rings (SSSR count). The predicted molar refractivity (Wildman–Crippen MR) is 120 cm³/mol. The minimum absolute atomic E-state index is 0.0414. The van der Waals surface area contributed by atoms with E-state index in [4.69, 9.17) is 10.5 Å². The molecule has 9 nitrogen and oxygen atoms in total. The fourth-order valence-electron chi connectivity index (χ4n) is 3.08. The van der Waals surface area contributed by atoms with Gasteiger partial charge in [0, 0.05) is 29.7 Å². The zero-order valence-electron chi connectivity index (χ0n) is 17.6. The van der Waals surface area contributed by atoms with Crippen molar-refractivity contribution in [2.75, 3.05) is 11.1 Å². The van der Waals surface area contributed by atoms with Crippen molar-refractivity contribution >= 4 is 17.4 Å². The summed E-state index contributed by atoms with van der Waals surface area (Å²) in [6, 6.07) is 9.80. The topological polar surface area (TPSA) is 132 Å². The van der Waals surface area contributed by atoms with Gasteiger partial charge in [0.25, 0.3) is 11.5 Å². The van der Waals surface area contributed by atoms with Crippen molar-refractivity contribution in [3.05, 3.63) is 105 Å². The molecular weight excluding hydrogens is 448 g/mol. The summed E-state index contributed by atoms with van der Waals surface area (Å²) in [6.07, 6.45) is 2.37. The summed E-state index contributed by atoms with van der Waals surface area (Å²) >= 11 is 0. The molecule has 11 heteroatoms. The van der Waals surface area contributed by atoms with E-state index in [9.17, 15) is 23.2 Å². The van der Waals surface area contributed by atoms with Crippen LogP contribution in [-0.4, -0.2) is 20.4 Å². The van der Waals surface area contributed by atoms with Crippen molar-refractivity contribution in [1.82, 2.24) is 14.5 Å². The Balaban J connectivity index is 1.59. The third kappa shape index (κ3) is 4.39. The summed E-state index contributed by atoms with van der Waals surface area (Å²) in [6.45, 7) is 1.67. The first-order valence-electron chi connectivity index (χ1n) is 9.85. The monoisotopic (exact) mass is 465 g/mol. The number of hydrogen-bond donors (Lipinski definition) is 3. The average molecular weight is 465 g/mol. The van der Waals surface area contributed by atoms with Gasteiger partial charge in [-0.15, -0.1) is 0 Å². The number of benzene rings is 2. The lowest BCUT2D eigenvalue weighted by molar-refractivity contribution is 0.102. The van der Waals surface area contributed by atoms with Crippen molar-refractivity contribution in [2.24, 2.45) is 0 Å². The van der Waals surface area contributed by atoms with E-state index in [0.717, 1.165) is 24.4 Å². The lowest BCUT2D eigenvalue weighted by Crippen LogP contribution is -2.38. The molecule has 2 aromatic heterocycles. The molecule has 172 valence electrons. The number of anilines is 2. The van der Waals surface area contributed by atoms with E-state index in [1.54, 1.807) is 6.92 Å². The lowest BCUT2D eigenvalue weighted by atomic mass is 10.2. The molecule has 4 aromatic rings. The lowest BCUT2D eigenvalue weighted by Gasteiger charge is -2.12. The Kier molecular flexibility index (Phi) is 5.92. The van der Waals surface area contributed by atoms with Crippen LogP contribution in [0.15, 0.2) is 70.5 Å². The largest absolute Gasteiger partial charge is 0.454 e. The molecule has 0 atom stereocenters. The Hall–Kier alpha value is -4.80. The third-order valence-electron chi connectivity index (χ3n) is 4.91. The van der Waals surface area contributed by atoms with Gasteiger partial charge < -0.3 is 20.8 Å². The number of nitrogens with zero attached hydrogens (tertiary/aromatic N) is 2. The number of halogens is 2. The Morgan fingerprint density at radius 2 is 1.82 bits per heavy atom. The second-order valence-corrected chi connectivity index (χ2v) is 7.15. The maximum absolute atomic E-state index is 14.6. The van der Waals surface area contributed by atoms with Gasteiger partial charge in [-0.2, -0.15) is 0 Å². The van der Waals surface area contributed by atoms with E-state index >= 15 is 0 Å². The number of carbonyl (C=O) groups excluding carboxylic acids is 1. The van der Waals surface area contributed by atoms with Crippen LogP contribution in [0.2, 0.25) is 0 Å². The zero-order chi connectivity index (χ0) is 24.4. The highest BCUT2D eigenvalue weighted by Crippen LogP contribution is 2.30. The van der Waals surface area contributed by atoms with E-state index in [-0.39, 0.29) is 22.9 Å². The van der Waals surface area contributed by atoms with Gasteiger partial charge in [0.1, 0.15) is 22.9 Å². The van der Waals surface area contributed by atoms with Gasteiger partial charge in [0.2, 0.25) is 0 Å². The summed E-state index contributed by atoms with van der Waals surface area (Å²) in [7, 11) is 0. The molecule has 0 radical (unpaired) electrons. The van der Waals surface area contributed by atoms with Crippen molar-refractivity contribution in [1.29, 1.82) is 0 Å². The molecule has 0 bridgehead atoms. The molecule has 0 aliphatic heterocycles. The summed E-state index contributed by atoms with van der Waals surface area (Å²) in [5, 5.41) is 2.40. The normalized spacial score (nSPS) is 10.7. The van der Waals surface area contributed by atoms with Gasteiger partial charge in [0.15, 0.2) is 11.6 Å². The number of rotatable bonds is 5. The van der Waals surface area contributed by atoms with Crippen molar-refractivity contribution in [2.45, 2.75) is 6.92 Å². The molecule has 0 saturated carbocycles. The number of carbonyl (C=O) groups is 1. The number of nitrogens with one attached hydrogen (secondary N) is 2. The number of nitrogen functional groups attached to an aromatic ring is 1. The third-order valence-corrected chi connectivity index (χ3v) is 4.91. The number of amides is 1. The fraction of sp³-hybridized carbons (Fsp3) is 0.0435. The molecule has 4 N–H and O–H groups in total. The molecule has 0 aliphatic carbocycles. The van der Waals surface area contributed by atoms with Crippen molar-refractivity contribution in [3.63, 3.8) is 0 Å². The molecule has 2 aromatic carbocycles. The number of pyridine rings is 1. The van der Waals surface area contributed by atoms with Gasteiger partial charge >= 0.3 is 5.69 Å². The zero-order valence-corrected chi connectivity index (χ0v) is 17.6. The second-order valence-electron chi connectivity index (χ2n) is 7.15. The highest BCUT2D eigenvalue weighted by Gasteiger charge is 2.17. The van der Waals surface area contributed by atoms with Crippen LogP contribution < -0.4 is 27.0 Å². The van der Waals surface area contributed by atoms with Gasteiger partial charge in [-0.25, -0.2) is 23.1 Å². The Labute approximate surface area is 190 Å². The summed E-state index contributed by atoms with van der Waals surface area (Å²) in [5.41, 5.74) is 4.22. The smallest absolute Gasteiger partial charge is 0.333 e. The predicted octanol–water partition coefficient (Wildman–Crippen LogP) is 3.13. The van der Waals surface area contributed by atoms with E-state index in [2.05, 4.69) is 15.3 Å². The number of aromatic amines is 1. The van der Waals surface area contributed by atoms with Crippen LogP contribution in [0.3, 0.4) is 0 Å². The fourth-order valence-corrected chi connectivity index (χ4v) is 3.08. The molecule has 0 saturated heterocycles. The van der Waals surface area contributed by atoms with E-state index in [1.807, 2.05) is 0 Å². The van der Waals surface area contributed by atoms with Gasteiger partial charge in [-0.3, -0.25) is 9.59 Å². The van der Waals surface area contributed by atoms with Crippen LogP contribution in [0.1, 0.15) is 15.9 Å². The highest BCUT2D eigenvalue weighted by molar-refractivity contribution is 6.03. The first kappa shape index (κ1) is 22.4. The van der Waals surface area contributed by atoms with Crippen molar-refractivity contribution in [3.8, 4) is 17.2 Å². The number of H-pyrrole nitrogens is 1. The maximum Gasteiger partial charge on any atom is 0.333 e. The maximum atomic E-state index is 14.6. The minimum atomic E-state index is -0.931. The molecule has 0 aliphatic rings. The van der Waals surface area contributed by atoms with E-state index in [0.29, 0.717) is 15.9 Å². The molecule has 34 heavy (non-hydrogen) atoms. The SMILES string of the molecule is Cc1c(Oc2ccc(NC(=O)c3c[nH]c(=O)n(-c4ccc(F)cc4)c3=O)cc2F)ccnc1N. The van der Waals surface area contributed by atoms with Crippen LogP contribution in [0.4, 0.5) is 20.3 Å². The number of nitrogens with two attached hydrogens (primary N) is 1. The van der Waals surface area contributed by atoms with E-state index < -0.39 is 34.4 Å². The van der Waals surface area contributed by atoms with Crippen LogP contribution in [0, 0.1) is 18.6 Å². The van der Waals surface area contributed by atoms with Gasteiger partial charge in [-0.1, -0.05) is 0 Å². The average Bonchev–Trinajstić information content (AvgIpc) is 2.80. The quantitative estimate of drug-likeness (QED) is 0.415. The number of aromatic nitrogens is 3. The molecule has 0 fully saturated rings. The number of hydrogen-bond acceptors (Lipinski definition) is 6. The first-order valence-corrected chi connectivity index (χ1v) is 9.85. The van der Waals surface area contributed by atoms with E-state index in [1.165, 1.54) is 36.5 Å². The standard InChI is InChI=1S/C23H17F2N5O4/c1-12-18(8-9-27-20(12)26)34-19-7-4-14(10-17(19)25)29-21(31)16-11-28-23(33)30(22(16)32)15-5-2-13(24)3-6-15/h2-11H,1H3,(H2,26,27)(H,28,33)(H,29,31). The van der Waals surface area contributed by atoms with Crippen LogP contribution >= 0.6 is 0 Å². The van der Waals surface area contributed by atoms with Crippen LogP contribution in [-0.2, 0) is 0 Å². The molecule has 2 heterocycles. The molecular formula is C23H17F2N5O4. The summed E-state index contributed by atoms with van der Waals surface area (Å²) in [4.78, 5) is 43.8.